The highest BCUT2D eigenvalue weighted by molar-refractivity contribution is 6.09. The molecule has 0 bridgehead atoms. The molecular weight excluding hydrogens is 466 g/mol. The highest BCUT2D eigenvalue weighted by Gasteiger charge is 2.15. The highest BCUT2D eigenvalue weighted by Crippen LogP contribution is 2.36. The van der Waals surface area contributed by atoms with Crippen molar-refractivity contribution in [2.24, 2.45) is 0 Å². The van der Waals surface area contributed by atoms with Crippen molar-refractivity contribution < 1.29 is 4.42 Å². The van der Waals surface area contributed by atoms with Crippen LogP contribution in [0.4, 0.5) is 0 Å². The van der Waals surface area contributed by atoms with Crippen LogP contribution >= 0.6 is 0 Å². The largest absolute Gasteiger partial charge is 0.455 e. The van der Waals surface area contributed by atoms with E-state index in [2.05, 4.69) is 55.5 Å². The minimum Gasteiger partial charge on any atom is -0.455 e. The summed E-state index contributed by atoms with van der Waals surface area (Å²) in [6.45, 7) is 4.13. The van der Waals surface area contributed by atoms with Gasteiger partial charge in [0.05, 0.1) is 0 Å². The smallest absolute Gasteiger partial charge is 0.164 e. The Hall–Kier alpha value is -4.83. The number of rotatable bonds is 6. The predicted octanol–water partition coefficient (Wildman–Crippen LogP) is 9.14. The van der Waals surface area contributed by atoms with Gasteiger partial charge in [-0.3, -0.25) is 0 Å². The molecule has 0 aliphatic carbocycles. The lowest BCUT2D eigenvalue weighted by atomic mass is 10.00. The third-order valence-corrected chi connectivity index (χ3v) is 6.61. The molecule has 4 heteroatoms. The van der Waals surface area contributed by atoms with Crippen LogP contribution in [-0.2, 0) is 0 Å². The van der Waals surface area contributed by atoms with Crippen LogP contribution in [0.15, 0.2) is 120 Å². The Morgan fingerprint density at radius 1 is 0.711 bits per heavy atom. The average molecular weight is 494 g/mol. The molecule has 0 atom stereocenters. The zero-order chi connectivity index (χ0) is 25.9. The molecule has 6 aromatic rings. The first kappa shape index (κ1) is 23.6. The van der Waals surface area contributed by atoms with Gasteiger partial charge in [-0.15, -0.1) is 0 Å². The molecule has 4 aromatic carbocycles. The number of benzene rings is 4. The van der Waals surface area contributed by atoms with Crippen LogP contribution in [0.25, 0.3) is 61.4 Å². The van der Waals surface area contributed by atoms with Gasteiger partial charge in [0.15, 0.2) is 17.5 Å². The number of fused-ring (bicyclic) bond motifs is 3. The molecule has 0 unspecified atom stereocenters. The first-order chi connectivity index (χ1) is 18.7. The van der Waals surface area contributed by atoms with E-state index in [0.29, 0.717) is 17.5 Å². The van der Waals surface area contributed by atoms with Gasteiger partial charge in [-0.2, -0.15) is 0 Å². The van der Waals surface area contributed by atoms with E-state index < -0.39 is 0 Å². The molecule has 0 N–H and O–H groups in total. The highest BCUT2D eigenvalue weighted by atomic mass is 16.3. The van der Waals surface area contributed by atoms with E-state index >= 15 is 0 Å². The molecule has 0 aliphatic rings. The summed E-state index contributed by atoms with van der Waals surface area (Å²) in [6, 6.07) is 32.8. The van der Waals surface area contributed by atoms with Crippen molar-refractivity contribution in [2.75, 3.05) is 0 Å². The second-order valence-corrected chi connectivity index (χ2v) is 9.09. The van der Waals surface area contributed by atoms with Crippen LogP contribution in [0.5, 0.6) is 0 Å². The number of hydrogen-bond donors (Lipinski definition) is 0. The third-order valence-electron chi connectivity index (χ3n) is 6.61. The van der Waals surface area contributed by atoms with Gasteiger partial charge in [0.25, 0.3) is 0 Å². The van der Waals surface area contributed by atoms with Crippen LogP contribution in [-0.4, -0.2) is 15.0 Å². The minimum absolute atomic E-state index is 0.636. The van der Waals surface area contributed by atoms with Crippen molar-refractivity contribution >= 4 is 27.5 Å². The Labute approximate surface area is 222 Å². The summed E-state index contributed by atoms with van der Waals surface area (Å²) in [6.07, 6.45) is 7.18. The quantitative estimate of drug-likeness (QED) is 0.217. The first-order valence-corrected chi connectivity index (χ1v) is 12.9. The van der Waals surface area contributed by atoms with Crippen LogP contribution in [0.2, 0.25) is 0 Å². The van der Waals surface area contributed by atoms with Crippen molar-refractivity contribution in [2.45, 2.75) is 20.3 Å². The van der Waals surface area contributed by atoms with Gasteiger partial charge in [0.2, 0.25) is 0 Å². The van der Waals surface area contributed by atoms with E-state index in [9.17, 15) is 0 Å². The topological polar surface area (TPSA) is 51.8 Å². The third kappa shape index (κ3) is 4.41. The van der Waals surface area contributed by atoms with Gasteiger partial charge in [0.1, 0.15) is 11.2 Å². The molecule has 0 fully saturated rings. The van der Waals surface area contributed by atoms with E-state index in [1.54, 1.807) is 0 Å². The summed E-state index contributed by atoms with van der Waals surface area (Å²) in [5.41, 5.74) is 6.70. The maximum absolute atomic E-state index is 6.31. The molecule has 4 nitrogen and oxygen atoms in total. The standard InChI is InChI=1S/C34H27N3O/c1-3-5-13-23(4-2)32-35-33(24-14-7-6-8-15-24)37-34(36-32)26-17-11-16-25(22-26)27-19-12-20-29-28-18-9-10-21-30(28)38-31(27)29/h4-22H,3H2,1-2H3/b13-5-,23-4+. The molecule has 0 spiro atoms. The molecule has 2 heterocycles. The minimum atomic E-state index is 0.636. The second kappa shape index (κ2) is 10.3. The van der Waals surface area contributed by atoms with Crippen molar-refractivity contribution in [1.82, 2.24) is 15.0 Å². The SMILES string of the molecule is C/C=C(\C=C/CC)c1nc(-c2ccccc2)nc(-c2cccc(-c3cccc4c3oc3ccccc34)c2)n1. The number of aromatic nitrogens is 3. The first-order valence-electron chi connectivity index (χ1n) is 12.9. The van der Waals surface area contributed by atoms with Crippen LogP contribution in [0.1, 0.15) is 26.1 Å². The molecule has 2 aromatic heterocycles. The zero-order valence-corrected chi connectivity index (χ0v) is 21.4. The average Bonchev–Trinajstić information content (AvgIpc) is 3.37. The van der Waals surface area contributed by atoms with Crippen LogP contribution in [0.3, 0.4) is 0 Å². The summed E-state index contributed by atoms with van der Waals surface area (Å²) in [5.74, 6) is 1.95. The fourth-order valence-electron chi connectivity index (χ4n) is 4.70. The monoisotopic (exact) mass is 493 g/mol. The molecule has 0 saturated carbocycles. The van der Waals surface area contributed by atoms with Crippen molar-refractivity contribution in [3.05, 3.63) is 121 Å². The van der Waals surface area contributed by atoms with Crippen LogP contribution in [0, 0.1) is 0 Å². The summed E-state index contributed by atoms with van der Waals surface area (Å²) < 4.78 is 6.31. The summed E-state index contributed by atoms with van der Waals surface area (Å²) >= 11 is 0. The second-order valence-electron chi connectivity index (χ2n) is 9.09. The predicted molar refractivity (Wildman–Crippen MR) is 156 cm³/mol. The van der Waals surface area contributed by atoms with E-state index in [4.69, 9.17) is 19.4 Å². The fraction of sp³-hybridized carbons (Fsp3) is 0.0882. The summed E-state index contributed by atoms with van der Waals surface area (Å²) in [7, 11) is 0. The summed E-state index contributed by atoms with van der Waals surface area (Å²) in [4.78, 5) is 14.7. The molecule has 0 amide bonds. The van der Waals surface area contributed by atoms with Gasteiger partial charge in [-0.05, 0) is 31.0 Å². The van der Waals surface area contributed by atoms with Gasteiger partial charge < -0.3 is 4.42 Å². The van der Waals surface area contributed by atoms with E-state index in [1.165, 1.54) is 0 Å². The lowest BCUT2D eigenvalue weighted by molar-refractivity contribution is 0.670. The van der Waals surface area contributed by atoms with Crippen molar-refractivity contribution in [3.8, 4) is 33.9 Å². The molecule has 184 valence electrons. The van der Waals surface area contributed by atoms with Crippen LogP contribution < -0.4 is 0 Å². The maximum Gasteiger partial charge on any atom is 0.164 e. The number of allylic oxidation sites excluding steroid dienone is 4. The molecule has 0 aliphatic heterocycles. The Kier molecular flexibility index (Phi) is 6.37. The Balaban J connectivity index is 1.51. The molecule has 0 radical (unpaired) electrons. The van der Waals surface area contributed by atoms with Crippen molar-refractivity contribution in [1.29, 1.82) is 0 Å². The van der Waals surface area contributed by atoms with Gasteiger partial charge >= 0.3 is 0 Å². The Bertz CT molecular complexity index is 1810. The van der Waals surface area contributed by atoms with Gasteiger partial charge in [-0.1, -0.05) is 110 Å². The Morgan fingerprint density at radius 3 is 2.21 bits per heavy atom. The maximum atomic E-state index is 6.31. The molecular formula is C34H27N3O. The van der Waals surface area contributed by atoms with Gasteiger partial charge in [-0.25, -0.2) is 15.0 Å². The summed E-state index contributed by atoms with van der Waals surface area (Å²) in [5, 5.41) is 2.23. The zero-order valence-electron chi connectivity index (χ0n) is 21.4. The normalized spacial score (nSPS) is 12.1. The van der Waals surface area contributed by atoms with E-state index in [-0.39, 0.29) is 0 Å². The molecule has 0 saturated heterocycles. The number of nitrogens with zero attached hydrogens (tertiary/aromatic N) is 3. The lowest BCUT2D eigenvalue weighted by Gasteiger charge is -2.10. The number of hydrogen-bond acceptors (Lipinski definition) is 4. The van der Waals surface area contributed by atoms with Crippen molar-refractivity contribution in [3.63, 3.8) is 0 Å². The molecule has 6 rings (SSSR count). The van der Waals surface area contributed by atoms with E-state index in [1.807, 2.05) is 73.7 Å². The fourth-order valence-corrected chi connectivity index (χ4v) is 4.70. The van der Waals surface area contributed by atoms with E-state index in [0.717, 1.165) is 56.2 Å². The lowest BCUT2D eigenvalue weighted by Crippen LogP contribution is -2.02. The van der Waals surface area contributed by atoms with Gasteiger partial charge in [0, 0.05) is 33.0 Å². The number of para-hydroxylation sites is 2. The number of furan rings is 1. The molecule has 38 heavy (non-hydrogen) atoms. The Morgan fingerprint density at radius 2 is 1.39 bits per heavy atom.